The summed E-state index contributed by atoms with van der Waals surface area (Å²) in [5.74, 6) is -0.0797. The molecule has 124 valence electrons. The summed E-state index contributed by atoms with van der Waals surface area (Å²) in [5.41, 5.74) is -0.188. The van der Waals surface area contributed by atoms with Gasteiger partial charge in [0, 0.05) is 23.8 Å². The van der Waals surface area contributed by atoms with E-state index in [4.69, 9.17) is 4.74 Å². The van der Waals surface area contributed by atoms with Crippen molar-refractivity contribution in [1.29, 1.82) is 0 Å². The van der Waals surface area contributed by atoms with Gasteiger partial charge in [0.25, 0.3) is 11.4 Å². The lowest BCUT2D eigenvalue weighted by molar-refractivity contribution is -0.394. The summed E-state index contributed by atoms with van der Waals surface area (Å²) in [6.45, 7) is 1.39. The van der Waals surface area contributed by atoms with Crippen LogP contribution < -0.4 is 4.74 Å². The van der Waals surface area contributed by atoms with Crippen molar-refractivity contribution < 1.29 is 19.5 Å². The number of hydrogen-bond donors (Lipinski definition) is 0. The van der Waals surface area contributed by atoms with Crippen molar-refractivity contribution in [2.45, 2.75) is 13.5 Å². The van der Waals surface area contributed by atoms with Crippen LogP contribution in [0.25, 0.3) is 0 Å². The molecule has 0 aromatic heterocycles. The minimum absolute atomic E-state index is 0.0719. The monoisotopic (exact) mass is 333 g/mol. The van der Waals surface area contributed by atoms with Gasteiger partial charge < -0.3 is 4.74 Å². The van der Waals surface area contributed by atoms with Crippen LogP contribution in [-0.4, -0.2) is 14.8 Å². The van der Waals surface area contributed by atoms with E-state index < -0.39 is 26.1 Å². The molecule has 0 aliphatic heterocycles. The van der Waals surface area contributed by atoms with Crippen LogP contribution in [0.4, 0.5) is 17.1 Å². The predicted molar refractivity (Wildman–Crippen MR) is 81.9 cm³/mol. The highest BCUT2D eigenvalue weighted by Gasteiger charge is 2.23. The Bertz CT molecular complexity index is 818. The maximum absolute atomic E-state index is 11.1. The predicted octanol–water partition coefficient (Wildman–Crippen LogP) is 3.30. The molecule has 0 N–H and O–H groups in total. The molecular formula is C14H11N3O7. The summed E-state index contributed by atoms with van der Waals surface area (Å²) in [6.07, 6.45) is 0. The Morgan fingerprint density at radius 2 is 1.46 bits per heavy atom. The third-order valence-corrected chi connectivity index (χ3v) is 3.18. The molecule has 24 heavy (non-hydrogen) atoms. The van der Waals surface area contributed by atoms with Crippen molar-refractivity contribution in [3.05, 3.63) is 77.9 Å². The zero-order valence-electron chi connectivity index (χ0n) is 12.4. The highest BCUT2D eigenvalue weighted by molar-refractivity contribution is 5.58. The molecule has 0 fully saturated rings. The molecule has 10 nitrogen and oxygen atoms in total. The highest BCUT2D eigenvalue weighted by Crippen LogP contribution is 2.35. The molecule has 0 aliphatic carbocycles. The van der Waals surface area contributed by atoms with Crippen LogP contribution in [0.1, 0.15) is 11.1 Å². The van der Waals surface area contributed by atoms with Gasteiger partial charge in [-0.1, -0.05) is 0 Å². The van der Waals surface area contributed by atoms with E-state index in [0.717, 1.165) is 6.07 Å². The van der Waals surface area contributed by atoms with E-state index in [9.17, 15) is 30.3 Å². The highest BCUT2D eigenvalue weighted by atomic mass is 16.6. The second-order valence-corrected chi connectivity index (χ2v) is 4.84. The van der Waals surface area contributed by atoms with Crippen LogP contribution >= 0.6 is 0 Å². The fraction of sp³-hybridized carbons (Fsp3) is 0.143. The van der Waals surface area contributed by atoms with E-state index in [2.05, 4.69) is 0 Å². The van der Waals surface area contributed by atoms with Gasteiger partial charge in [-0.3, -0.25) is 30.3 Å². The minimum Gasteiger partial charge on any atom is -0.482 e. The smallest absolute Gasteiger partial charge is 0.318 e. The van der Waals surface area contributed by atoms with E-state index in [0.29, 0.717) is 5.56 Å². The topological polar surface area (TPSA) is 139 Å². The second kappa shape index (κ2) is 6.69. The molecule has 2 rings (SSSR count). The summed E-state index contributed by atoms with van der Waals surface area (Å²) >= 11 is 0. The Morgan fingerprint density at radius 3 is 1.96 bits per heavy atom. The van der Waals surface area contributed by atoms with E-state index in [1.165, 1.54) is 37.3 Å². The van der Waals surface area contributed by atoms with Gasteiger partial charge in [0.05, 0.1) is 20.8 Å². The van der Waals surface area contributed by atoms with Crippen molar-refractivity contribution >= 4 is 17.1 Å². The lowest BCUT2D eigenvalue weighted by atomic mass is 10.1. The average Bonchev–Trinajstić information content (AvgIpc) is 2.53. The SMILES string of the molecule is Cc1cc([N+](=O)[O-])cc([N+](=O)[O-])c1OCc1ccc([N+](=O)[O-])cc1. The van der Waals surface area contributed by atoms with Crippen LogP contribution in [0.5, 0.6) is 5.75 Å². The van der Waals surface area contributed by atoms with Crippen LogP contribution in [0.2, 0.25) is 0 Å². The molecule has 2 aromatic carbocycles. The largest absolute Gasteiger partial charge is 0.482 e. The Kier molecular flexibility index (Phi) is 4.68. The average molecular weight is 333 g/mol. The first-order chi connectivity index (χ1) is 11.3. The number of rotatable bonds is 6. The van der Waals surface area contributed by atoms with Crippen LogP contribution in [0.15, 0.2) is 36.4 Å². The molecule has 0 radical (unpaired) electrons. The van der Waals surface area contributed by atoms with Crippen molar-refractivity contribution in [2.75, 3.05) is 0 Å². The maximum atomic E-state index is 11.1. The Hall–Kier alpha value is -3.56. The fourth-order valence-electron chi connectivity index (χ4n) is 2.03. The summed E-state index contributed by atoms with van der Waals surface area (Å²) < 4.78 is 5.42. The first-order valence-electron chi connectivity index (χ1n) is 6.59. The van der Waals surface area contributed by atoms with Crippen molar-refractivity contribution in [3.63, 3.8) is 0 Å². The van der Waals surface area contributed by atoms with Gasteiger partial charge in [-0.25, -0.2) is 0 Å². The molecule has 2 aromatic rings. The number of hydrogen-bond acceptors (Lipinski definition) is 7. The molecule has 0 spiro atoms. The Balaban J connectivity index is 2.27. The van der Waals surface area contributed by atoms with Crippen LogP contribution in [-0.2, 0) is 6.61 Å². The van der Waals surface area contributed by atoms with Gasteiger partial charge in [0.1, 0.15) is 6.61 Å². The van der Waals surface area contributed by atoms with E-state index >= 15 is 0 Å². The number of nitrogens with zero attached hydrogens (tertiary/aromatic N) is 3. The van der Waals surface area contributed by atoms with Crippen LogP contribution in [0, 0.1) is 37.3 Å². The fourth-order valence-corrected chi connectivity index (χ4v) is 2.03. The van der Waals surface area contributed by atoms with E-state index in [-0.39, 0.29) is 23.6 Å². The molecule has 0 aliphatic rings. The Morgan fingerprint density at radius 1 is 0.875 bits per heavy atom. The normalized spacial score (nSPS) is 10.2. The summed E-state index contributed by atoms with van der Waals surface area (Å²) in [6, 6.07) is 7.51. The van der Waals surface area contributed by atoms with E-state index in [1.54, 1.807) is 0 Å². The van der Waals surface area contributed by atoms with Gasteiger partial charge in [-0.15, -0.1) is 0 Å². The quantitative estimate of drug-likeness (QED) is 0.583. The zero-order valence-corrected chi connectivity index (χ0v) is 12.4. The number of benzene rings is 2. The van der Waals surface area contributed by atoms with E-state index in [1.807, 2.05) is 0 Å². The lowest BCUT2D eigenvalue weighted by Gasteiger charge is -2.09. The molecule has 0 saturated heterocycles. The van der Waals surface area contributed by atoms with Crippen molar-refractivity contribution in [2.24, 2.45) is 0 Å². The van der Waals surface area contributed by atoms with Gasteiger partial charge in [-0.05, 0) is 24.6 Å². The van der Waals surface area contributed by atoms with Gasteiger partial charge >= 0.3 is 5.69 Å². The molecule has 10 heteroatoms. The molecule has 0 bridgehead atoms. The Labute approximate surface area is 134 Å². The maximum Gasteiger partial charge on any atom is 0.318 e. The van der Waals surface area contributed by atoms with Crippen molar-refractivity contribution in [1.82, 2.24) is 0 Å². The number of ether oxygens (including phenoxy) is 1. The first kappa shape index (κ1) is 16.8. The number of nitro benzene ring substituents is 3. The van der Waals surface area contributed by atoms with Gasteiger partial charge in [0.15, 0.2) is 0 Å². The van der Waals surface area contributed by atoms with Crippen molar-refractivity contribution in [3.8, 4) is 5.75 Å². The molecule has 0 atom stereocenters. The number of aryl methyl sites for hydroxylation is 1. The second-order valence-electron chi connectivity index (χ2n) is 4.84. The van der Waals surface area contributed by atoms with Gasteiger partial charge in [0.2, 0.25) is 5.75 Å². The lowest BCUT2D eigenvalue weighted by Crippen LogP contribution is -2.02. The molecule has 0 amide bonds. The third kappa shape index (κ3) is 3.61. The number of non-ortho nitro benzene ring substituents is 2. The minimum atomic E-state index is -0.759. The summed E-state index contributed by atoms with van der Waals surface area (Å²) in [5, 5.41) is 32.5. The summed E-state index contributed by atoms with van der Waals surface area (Å²) in [7, 11) is 0. The summed E-state index contributed by atoms with van der Waals surface area (Å²) in [4.78, 5) is 30.5. The first-order valence-corrected chi connectivity index (χ1v) is 6.59. The molecule has 0 heterocycles. The van der Waals surface area contributed by atoms with Crippen LogP contribution in [0.3, 0.4) is 0 Å². The molecular weight excluding hydrogens is 322 g/mol. The third-order valence-electron chi connectivity index (χ3n) is 3.18. The molecule has 0 saturated carbocycles. The zero-order chi connectivity index (χ0) is 17.9. The van der Waals surface area contributed by atoms with Gasteiger partial charge in [-0.2, -0.15) is 0 Å². The standard InChI is InChI=1S/C14H11N3O7/c1-9-6-12(16(20)21)7-13(17(22)23)14(9)24-8-10-2-4-11(5-3-10)15(18)19/h2-7H,8H2,1H3. The molecule has 0 unspecified atom stereocenters. The number of nitro groups is 3.